The van der Waals surface area contributed by atoms with Crippen molar-refractivity contribution in [3.05, 3.63) is 59.4 Å². The van der Waals surface area contributed by atoms with Crippen LogP contribution in [-0.4, -0.2) is 44.9 Å². The summed E-state index contributed by atoms with van der Waals surface area (Å²) in [6.07, 6.45) is 2.22. The van der Waals surface area contributed by atoms with Crippen molar-refractivity contribution >= 4 is 28.5 Å². The highest BCUT2D eigenvalue weighted by Crippen LogP contribution is 2.36. The van der Waals surface area contributed by atoms with Crippen molar-refractivity contribution in [2.75, 3.05) is 11.4 Å². The Hall–Kier alpha value is -3.15. The van der Waals surface area contributed by atoms with E-state index in [4.69, 9.17) is 4.98 Å². The van der Waals surface area contributed by atoms with Gasteiger partial charge in [0, 0.05) is 36.7 Å². The fraction of sp³-hybridized carbons (Fsp3) is 0.483. The normalized spacial score (nSPS) is 17.7. The van der Waals surface area contributed by atoms with E-state index >= 15 is 0 Å². The molecule has 6 nitrogen and oxygen atoms in total. The van der Waals surface area contributed by atoms with Crippen LogP contribution in [0.2, 0.25) is 0 Å². The fourth-order valence-corrected chi connectivity index (χ4v) is 5.44. The van der Waals surface area contributed by atoms with Crippen LogP contribution in [-0.2, 0) is 16.1 Å². The topological polar surface area (TPSA) is 58.4 Å². The van der Waals surface area contributed by atoms with Gasteiger partial charge >= 0.3 is 0 Å². The molecule has 2 heterocycles. The lowest BCUT2D eigenvalue weighted by molar-refractivity contribution is -0.136. The first-order valence-electron chi connectivity index (χ1n) is 12.9. The maximum absolute atomic E-state index is 13.7. The highest BCUT2D eigenvalue weighted by molar-refractivity contribution is 5.98. The predicted octanol–water partition coefficient (Wildman–Crippen LogP) is 5.60. The number of rotatable bonds is 8. The van der Waals surface area contributed by atoms with E-state index in [1.165, 1.54) is 0 Å². The zero-order valence-electron chi connectivity index (χ0n) is 21.9. The van der Waals surface area contributed by atoms with Crippen molar-refractivity contribution in [2.24, 2.45) is 0 Å². The molecule has 186 valence electrons. The first-order valence-corrected chi connectivity index (χ1v) is 12.9. The van der Waals surface area contributed by atoms with Gasteiger partial charge in [0.1, 0.15) is 12.4 Å². The minimum atomic E-state index is -0.0673. The van der Waals surface area contributed by atoms with Crippen LogP contribution in [0.4, 0.5) is 5.69 Å². The lowest BCUT2D eigenvalue weighted by Crippen LogP contribution is -2.46. The Kier molecular flexibility index (Phi) is 7.29. The summed E-state index contributed by atoms with van der Waals surface area (Å²) in [5, 5.41) is 0. The van der Waals surface area contributed by atoms with E-state index in [1.807, 2.05) is 40.1 Å². The average Bonchev–Trinajstić information content (AvgIpc) is 3.39. The molecule has 4 rings (SSSR count). The Bertz CT molecular complexity index is 1200. The highest BCUT2D eigenvalue weighted by atomic mass is 16.2. The lowest BCUT2D eigenvalue weighted by Gasteiger charge is -2.34. The van der Waals surface area contributed by atoms with Gasteiger partial charge in [-0.15, -0.1) is 0 Å². The number of hydrogen-bond acceptors (Lipinski definition) is 3. The number of para-hydroxylation sites is 3. The molecule has 3 unspecified atom stereocenters. The molecule has 2 aromatic carbocycles. The molecule has 35 heavy (non-hydrogen) atoms. The second-order valence-electron chi connectivity index (χ2n) is 10.0. The van der Waals surface area contributed by atoms with Gasteiger partial charge in [0.2, 0.25) is 11.8 Å². The van der Waals surface area contributed by atoms with Crippen LogP contribution in [0.3, 0.4) is 0 Å². The van der Waals surface area contributed by atoms with Gasteiger partial charge in [-0.2, -0.15) is 0 Å². The largest absolute Gasteiger partial charge is 0.336 e. The third-order valence-corrected chi connectivity index (χ3v) is 7.60. The van der Waals surface area contributed by atoms with Gasteiger partial charge in [0.25, 0.3) is 0 Å². The summed E-state index contributed by atoms with van der Waals surface area (Å²) in [4.78, 5) is 35.7. The van der Waals surface area contributed by atoms with Gasteiger partial charge in [0.05, 0.1) is 11.0 Å². The standard InChI is InChI=1S/C29H38N4O2/c1-7-21(5)33(22(6)8-2)27(35)18-31-25-15-10-9-14-24(25)30-29(31)23-16-26(34)32(17-23)28-19(3)12-11-13-20(28)4/h9-15,21-23H,7-8,16-18H2,1-6H3. The number of aryl methyl sites for hydroxylation is 2. The Balaban J connectivity index is 1.71. The number of amides is 2. The second kappa shape index (κ2) is 10.2. The zero-order chi connectivity index (χ0) is 25.3. The third-order valence-electron chi connectivity index (χ3n) is 7.60. The van der Waals surface area contributed by atoms with Crippen LogP contribution >= 0.6 is 0 Å². The molecule has 0 N–H and O–H groups in total. The number of carbonyl (C=O) groups is 2. The van der Waals surface area contributed by atoms with Crippen LogP contribution < -0.4 is 4.90 Å². The quantitative estimate of drug-likeness (QED) is 0.427. The summed E-state index contributed by atoms with van der Waals surface area (Å²) in [5.74, 6) is 0.976. The Morgan fingerprint density at radius 1 is 1.03 bits per heavy atom. The monoisotopic (exact) mass is 474 g/mol. The first-order chi connectivity index (χ1) is 16.8. The van der Waals surface area contributed by atoms with E-state index < -0.39 is 0 Å². The molecule has 6 heteroatoms. The number of fused-ring (bicyclic) bond motifs is 1. The first kappa shape index (κ1) is 25.0. The summed E-state index contributed by atoms with van der Waals surface area (Å²) in [6, 6.07) is 14.4. The summed E-state index contributed by atoms with van der Waals surface area (Å²) in [7, 11) is 0. The van der Waals surface area contributed by atoms with Crippen LogP contribution in [0, 0.1) is 13.8 Å². The van der Waals surface area contributed by atoms with Crippen molar-refractivity contribution < 1.29 is 9.59 Å². The van der Waals surface area contributed by atoms with Crippen LogP contribution in [0.1, 0.15) is 69.8 Å². The van der Waals surface area contributed by atoms with Gasteiger partial charge in [-0.25, -0.2) is 4.98 Å². The lowest BCUT2D eigenvalue weighted by atomic mass is 10.1. The highest BCUT2D eigenvalue weighted by Gasteiger charge is 2.36. The van der Waals surface area contributed by atoms with Gasteiger partial charge in [-0.3, -0.25) is 9.59 Å². The number of nitrogens with zero attached hydrogens (tertiary/aromatic N) is 4. The number of anilines is 1. The molecule has 1 aromatic heterocycles. The number of carbonyl (C=O) groups excluding carboxylic acids is 2. The van der Waals surface area contributed by atoms with Crippen molar-refractivity contribution in [1.82, 2.24) is 14.5 Å². The Morgan fingerprint density at radius 2 is 1.66 bits per heavy atom. The fourth-order valence-electron chi connectivity index (χ4n) is 5.44. The molecule has 1 aliphatic heterocycles. The van der Waals surface area contributed by atoms with E-state index in [9.17, 15) is 9.59 Å². The SMILES string of the molecule is CCC(C)N(C(=O)Cn1c(C2CC(=O)N(c3c(C)cccc3C)C2)nc2ccccc21)C(C)CC. The average molecular weight is 475 g/mol. The molecule has 0 bridgehead atoms. The number of aromatic nitrogens is 2. The Labute approximate surface area is 208 Å². The predicted molar refractivity (Wildman–Crippen MR) is 142 cm³/mol. The van der Waals surface area contributed by atoms with Crippen molar-refractivity contribution in [2.45, 2.75) is 85.4 Å². The number of hydrogen-bond donors (Lipinski definition) is 0. The molecular weight excluding hydrogens is 436 g/mol. The van der Waals surface area contributed by atoms with Gasteiger partial charge in [-0.05, 0) is 63.8 Å². The van der Waals surface area contributed by atoms with E-state index in [0.717, 1.165) is 46.5 Å². The minimum absolute atomic E-state index is 0.0673. The van der Waals surface area contributed by atoms with Crippen molar-refractivity contribution in [1.29, 1.82) is 0 Å². The number of benzene rings is 2. The smallest absolute Gasteiger partial charge is 0.243 e. The van der Waals surface area contributed by atoms with Crippen molar-refractivity contribution in [3.8, 4) is 0 Å². The summed E-state index contributed by atoms with van der Waals surface area (Å²) in [6.45, 7) is 13.4. The Morgan fingerprint density at radius 3 is 2.29 bits per heavy atom. The number of imidazole rings is 1. The molecule has 0 aliphatic carbocycles. The van der Waals surface area contributed by atoms with Crippen LogP contribution in [0.5, 0.6) is 0 Å². The molecule has 1 saturated heterocycles. The second-order valence-corrected chi connectivity index (χ2v) is 10.0. The third kappa shape index (κ3) is 4.71. The maximum atomic E-state index is 13.7. The maximum Gasteiger partial charge on any atom is 0.243 e. The molecule has 0 saturated carbocycles. The molecule has 1 fully saturated rings. The van der Waals surface area contributed by atoms with Gasteiger partial charge in [0.15, 0.2) is 0 Å². The summed E-state index contributed by atoms with van der Waals surface area (Å²) < 4.78 is 2.06. The van der Waals surface area contributed by atoms with Gasteiger partial charge < -0.3 is 14.4 Å². The zero-order valence-corrected chi connectivity index (χ0v) is 21.9. The minimum Gasteiger partial charge on any atom is -0.336 e. The van der Waals surface area contributed by atoms with Gasteiger partial charge in [-0.1, -0.05) is 44.2 Å². The van der Waals surface area contributed by atoms with E-state index in [-0.39, 0.29) is 36.4 Å². The summed E-state index contributed by atoms with van der Waals surface area (Å²) in [5.41, 5.74) is 5.01. The molecule has 0 spiro atoms. The van der Waals surface area contributed by atoms with Crippen molar-refractivity contribution in [3.63, 3.8) is 0 Å². The summed E-state index contributed by atoms with van der Waals surface area (Å²) >= 11 is 0. The van der Waals surface area contributed by atoms with E-state index in [0.29, 0.717) is 13.0 Å². The van der Waals surface area contributed by atoms with E-state index in [1.54, 1.807) is 0 Å². The molecule has 1 aliphatic rings. The molecule has 3 atom stereocenters. The molecule has 2 amide bonds. The molecule has 0 radical (unpaired) electrons. The molecular formula is C29H38N4O2. The van der Waals surface area contributed by atoms with Crippen LogP contribution in [0.15, 0.2) is 42.5 Å². The van der Waals surface area contributed by atoms with E-state index in [2.05, 4.69) is 58.2 Å². The van der Waals surface area contributed by atoms with Crippen LogP contribution in [0.25, 0.3) is 11.0 Å². The molecule has 3 aromatic rings.